The number of nitrogens with two attached hydrogens (primary N) is 1. The van der Waals surface area contributed by atoms with Gasteiger partial charge in [-0.1, -0.05) is 37.6 Å². The standard InChI is InChI=1S/C17H26ClN3O/c1-17(2)12-21(10-8-15(17)19)11-16(22)20-9-7-13-3-5-14(18)6-4-13/h3-6,15H,7-12,19H2,1-2H3,(H,20,22). The second-order valence-electron chi connectivity index (χ2n) is 6.82. The first-order valence-electron chi connectivity index (χ1n) is 7.86. The van der Waals surface area contributed by atoms with Gasteiger partial charge in [0.1, 0.15) is 0 Å². The molecule has 0 spiro atoms. The number of rotatable bonds is 5. The van der Waals surface area contributed by atoms with E-state index in [4.69, 9.17) is 17.3 Å². The molecule has 1 aliphatic heterocycles. The van der Waals surface area contributed by atoms with Crippen LogP contribution in [0.15, 0.2) is 24.3 Å². The van der Waals surface area contributed by atoms with E-state index in [1.807, 2.05) is 24.3 Å². The van der Waals surface area contributed by atoms with Gasteiger partial charge in [0.2, 0.25) is 5.91 Å². The van der Waals surface area contributed by atoms with Gasteiger partial charge in [-0.15, -0.1) is 0 Å². The van der Waals surface area contributed by atoms with Gasteiger partial charge >= 0.3 is 0 Å². The summed E-state index contributed by atoms with van der Waals surface area (Å²) in [4.78, 5) is 14.2. The van der Waals surface area contributed by atoms with E-state index in [1.165, 1.54) is 5.56 Å². The molecule has 1 saturated heterocycles. The molecule has 1 amide bonds. The molecule has 1 fully saturated rings. The van der Waals surface area contributed by atoms with Gasteiger partial charge in [-0.05, 0) is 36.0 Å². The van der Waals surface area contributed by atoms with Crippen molar-refractivity contribution in [3.05, 3.63) is 34.9 Å². The Labute approximate surface area is 138 Å². The van der Waals surface area contributed by atoms with Gasteiger partial charge in [0.15, 0.2) is 0 Å². The van der Waals surface area contributed by atoms with Crippen LogP contribution in [0.3, 0.4) is 0 Å². The minimum absolute atomic E-state index is 0.0713. The van der Waals surface area contributed by atoms with E-state index in [0.717, 1.165) is 31.0 Å². The molecule has 1 atom stereocenters. The molecule has 0 bridgehead atoms. The normalized spacial score (nSPS) is 21.5. The van der Waals surface area contributed by atoms with Gasteiger partial charge in [0.25, 0.3) is 0 Å². The van der Waals surface area contributed by atoms with Crippen LogP contribution >= 0.6 is 11.6 Å². The van der Waals surface area contributed by atoms with E-state index in [2.05, 4.69) is 24.1 Å². The van der Waals surface area contributed by atoms with E-state index in [1.54, 1.807) is 0 Å². The molecule has 22 heavy (non-hydrogen) atoms. The average molecular weight is 324 g/mol. The zero-order chi connectivity index (χ0) is 16.2. The van der Waals surface area contributed by atoms with Crippen molar-refractivity contribution >= 4 is 17.5 Å². The van der Waals surface area contributed by atoms with E-state index in [0.29, 0.717) is 13.1 Å². The zero-order valence-corrected chi connectivity index (χ0v) is 14.2. The van der Waals surface area contributed by atoms with Crippen molar-refractivity contribution in [3.8, 4) is 0 Å². The average Bonchev–Trinajstić information content (AvgIpc) is 2.45. The van der Waals surface area contributed by atoms with Crippen molar-refractivity contribution in [1.82, 2.24) is 10.2 Å². The highest BCUT2D eigenvalue weighted by Gasteiger charge is 2.33. The third-order valence-corrected chi connectivity index (χ3v) is 4.66. The Morgan fingerprint density at radius 1 is 1.41 bits per heavy atom. The van der Waals surface area contributed by atoms with Gasteiger partial charge < -0.3 is 11.1 Å². The highest BCUT2D eigenvalue weighted by Crippen LogP contribution is 2.27. The first-order chi connectivity index (χ1) is 10.4. The van der Waals surface area contributed by atoms with Crippen LogP contribution in [0.5, 0.6) is 0 Å². The Kier molecular flexibility index (Phi) is 5.84. The lowest BCUT2D eigenvalue weighted by atomic mass is 9.80. The smallest absolute Gasteiger partial charge is 0.234 e. The van der Waals surface area contributed by atoms with Crippen LogP contribution in [0.1, 0.15) is 25.8 Å². The van der Waals surface area contributed by atoms with E-state index >= 15 is 0 Å². The lowest BCUT2D eigenvalue weighted by Crippen LogP contribution is -2.54. The number of hydrogen-bond donors (Lipinski definition) is 2. The quantitative estimate of drug-likeness (QED) is 0.872. The fourth-order valence-corrected chi connectivity index (χ4v) is 3.00. The lowest BCUT2D eigenvalue weighted by molar-refractivity contribution is -0.123. The molecule has 1 aromatic rings. The van der Waals surface area contributed by atoms with Crippen LogP contribution in [0.4, 0.5) is 0 Å². The highest BCUT2D eigenvalue weighted by atomic mass is 35.5. The van der Waals surface area contributed by atoms with Gasteiger partial charge in [-0.3, -0.25) is 9.69 Å². The molecule has 0 aromatic heterocycles. The maximum atomic E-state index is 12.0. The van der Waals surface area contributed by atoms with Gasteiger partial charge in [0.05, 0.1) is 6.54 Å². The SMILES string of the molecule is CC1(C)CN(CC(=O)NCCc2ccc(Cl)cc2)CCC1N. The number of likely N-dealkylation sites (tertiary alicyclic amines) is 1. The molecule has 0 radical (unpaired) electrons. The Balaban J connectivity index is 1.71. The summed E-state index contributed by atoms with van der Waals surface area (Å²) in [5.74, 6) is 0.0836. The molecule has 1 aromatic carbocycles. The largest absolute Gasteiger partial charge is 0.355 e. The molecule has 1 aliphatic rings. The fourth-order valence-electron chi connectivity index (χ4n) is 2.88. The van der Waals surface area contributed by atoms with Crippen molar-refractivity contribution in [3.63, 3.8) is 0 Å². The highest BCUT2D eigenvalue weighted by molar-refractivity contribution is 6.30. The number of halogens is 1. The minimum atomic E-state index is 0.0713. The monoisotopic (exact) mass is 323 g/mol. The Morgan fingerprint density at radius 3 is 2.73 bits per heavy atom. The molecule has 0 aliphatic carbocycles. The molecule has 2 rings (SSSR count). The van der Waals surface area contributed by atoms with Gasteiger partial charge in [0, 0.05) is 30.7 Å². The summed E-state index contributed by atoms with van der Waals surface area (Å²) in [6, 6.07) is 7.94. The topological polar surface area (TPSA) is 58.4 Å². The predicted octanol–water partition coefficient (Wildman–Crippen LogP) is 2.06. The molecule has 3 N–H and O–H groups in total. The van der Waals surface area contributed by atoms with Crippen LogP contribution in [0.2, 0.25) is 5.02 Å². The maximum absolute atomic E-state index is 12.0. The number of carbonyl (C=O) groups excluding carboxylic acids is 1. The summed E-state index contributed by atoms with van der Waals surface area (Å²) in [6.07, 6.45) is 1.77. The Hall–Kier alpha value is -1.10. The Morgan fingerprint density at radius 2 is 2.09 bits per heavy atom. The van der Waals surface area contributed by atoms with E-state index in [9.17, 15) is 4.79 Å². The minimum Gasteiger partial charge on any atom is -0.355 e. The second kappa shape index (κ2) is 7.44. The van der Waals surface area contributed by atoms with Crippen LogP contribution in [0, 0.1) is 5.41 Å². The van der Waals surface area contributed by atoms with Crippen molar-refractivity contribution < 1.29 is 4.79 Å². The number of piperidine rings is 1. The molecule has 5 heteroatoms. The van der Waals surface area contributed by atoms with Crippen molar-refractivity contribution in [2.45, 2.75) is 32.7 Å². The summed E-state index contributed by atoms with van der Waals surface area (Å²) in [7, 11) is 0. The predicted molar refractivity (Wildman–Crippen MR) is 91.0 cm³/mol. The number of nitrogens with zero attached hydrogens (tertiary/aromatic N) is 1. The fraction of sp³-hybridized carbons (Fsp3) is 0.588. The number of carbonyl (C=O) groups is 1. The first-order valence-corrected chi connectivity index (χ1v) is 8.24. The third-order valence-electron chi connectivity index (χ3n) is 4.41. The summed E-state index contributed by atoms with van der Waals surface area (Å²) in [5.41, 5.74) is 7.37. The molecule has 1 heterocycles. The van der Waals surface area contributed by atoms with E-state index in [-0.39, 0.29) is 17.4 Å². The molecule has 4 nitrogen and oxygen atoms in total. The lowest BCUT2D eigenvalue weighted by Gasteiger charge is -2.42. The zero-order valence-electron chi connectivity index (χ0n) is 13.4. The molecule has 1 unspecified atom stereocenters. The summed E-state index contributed by atoms with van der Waals surface area (Å²) >= 11 is 5.85. The van der Waals surface area contributed by atoms with Crippen LogP contribution in [-0.2, 0) is 11.2 Å². The molecule has 122 valence electrons. The Bertz CT molecular complexity index is 501. The summed E-state index contributed by atoms with van der Waals surface area (Å²) in [6.45, 7) is 7.21. The molecular weight excluding hydrogens is 298 g/mol. The van der Waals surface area contributed by atoms with Gasteiger partial charge in [-0.2, -0.15) is 0 Å². The second-order valence-corrected chi connectivity index (χ2v) is 7.26. The van der Waals surface area contributed by atoms with Crippen LogP contribution in [0.25, 0.3) is 0 Å². The number of nitrogens with one attached hydrogen (secondary N) is 1. The van der Waals surface area contributed by atoms with Gasteiger partial charge in [-0.25, -0.2) is 0 Å². The molecular formula is C17H26ClN3O. The van der Waals surface area contributed by atoms with Crippen LogP contribution < -0.4 is 11.1 Å². The molecule has 0 saturated carbocycles. The van der Waals surface area contributed by atoms with Crippen molar-refractivity contribution in [2.24, 2.45) is 11.1 Å². The first kappa shape index (κ1) is 17.3. The van der Waals surface area contributed by atoms with Crippen LogP contribution in [-0.4, -0.2) is 43.0 Å². The number of hydrogen-bond acceptors (Lipinski definition) is 3. The summed E-state index contributed by atoms with van der Waals surface area (Å²) in [5, 5.41) is 3.72. The third kappa shape index (κ3) is 4.97. The number of amides is 1. The maximum Gasteiger partial charge on any atom is 0.234 e. The van der Waals surface area contributed by atoms with Crippen molar-refractivity contribution in [2.75, 3.05) is 26.2 Å². The van der Waals surface area contributed by atoms with E-state index < -0.39 is 0 Å². The summed E-state index contributed by atoms with van der Waals surface area (Å²) < 4.78 is 0. The number of benzene rings is 1. The van der Waals surface area contributed by atoms with Crippen molar-refractivity contribution in [1.29, 1.82) is 0 Å².